The number of ketones is 1. The summed E-state index contributed by atoms with van der Waals surface area (Å²) in [5.41, 5.74) is 0.755. The van der Waals surface area contributed by atoms with Gasteiger partial charge in [0.2, 0.25) is 0 Å². The summed E-state index contributed by atoms with van der Waals surface area (Å²) in [4.78, 5) is 28.4. The first-order valence-corrected chi connectivity index (χ1v) is 8.93. The lowest BCUT2D eigenvalue weighted by Gasteiger charge is -2.28. The molecule has 26 heavy (non-hydrogen) atoms. The maximum Gasteiger partial charge on any atom is 0.309 e. The van der Waals surface area contributed by atoms with Crippen LogP contribution in [-0.2, 0) is 15.0 Å². The van der Waals surface area contributed by atoms with Gasteiger partial charge in [0.15, 0.2) is 0 Å². The zero-order chi connectivity index (χ0) is 20.0. The Bertz CT molecular complexity index is 749. The molecular weight excluding hydrogens is 326 g/mol. The van der Waals surface area contributed by atoms with Crippen LogP contribution < -0.4 is 0 Å². The number of hydrogen-bond acceptors (Lipinski definition) is 3. The number of carboxylic acid groups (broad SMARTS) is 1. The van der Waals surface area contributed by atoms with Gasteiger partial charge in [-0.3, -0.25) is 14.6 Å². The Morgan fingerprint density at radius 1 is 1.00 bits per heavy atom. The van der Waals surface area contributed by atoms with Crippen molar-refractivity contribution in [2.75, 3.05) is 0 Å². The monoisotopic (exact) mass is 355 g/mol. The predicted octanol–water partition coefficient (Wildman–Crippen LogP) is 5.12. The van der Waals surface area contributed by atoms with Gasteiger partial charge in [-0.15, -0.1) is 0 Å². The van der Waals surface area contributed by atoms with Crippen molar-refractivity contribution in [1.82, 2.24) is 4.98 Å². The maximum atomic E-state index is 12.7. The first-order chi connectivity index (χ1) is 12.1. The van der Waals surface area contributed by atoms with Gasteiger partial charge in [-0.2, -0.15) is 0 Å². The highest BCUT2D eigenvalue weighted by molar-refractivity contribution is 5.93. The summed E-state index contributed by atoms with van der Waals surface area (Å²) in [6, 6.07) is 13.5. The van der Waals surface area contributed by atoms with E-state index in [0.717, 1.165) is 16.8 Å². The Balaban J connectivity index is 0.00000163. The predicted molar refractivity (Wildman–Crippen MR) is 105 cm³/mol. The molecule has 140 valence electrons. The van der Waals surface area contributed by atoms with E-state index in [2.05, 4.69) is 4.98 Å². The van der Waals surface area contributed by atoms with E-state index in [1.807, 2.05) is 70.2 Å². The summed E-state index contributed by atoms with van der Waals surface area (Å²) in [6.45, 7) is 10.8. The van der Waals surface area contributed by atoms with Crippen molar-refractivity contribution in [2.45, 2.75) is 53.4 Å². The third-order valence-electron chi connectivity index (χ3n) is 4.43. The third kappa shape index (κ3) is 5.01. The zero-order valence-corrected chi connectivity index (χ0v) is 16.5. The number of rotatable bonds is 6. The molecule has 1 aromatic heterocycles. The SMILES string of the molecule is CC.CC(C)(CC(=O)C(C)(C)c1ccnc(-c2ccccc2)c1)C(=O)O. The standard InChI is InChI=1S/C20H23NO3.C2H6/c1-19(2,18(23)24)13-17(22)20(3,4)15-10-11-21-16(12-15)14-8-6-5-7-9-14;1-2/h5-12H,13H2,1-4H3,(H,23,24);1-2H3. The highest BCUT2D eigenvalue weighted by Gasteiger charge is 2.37. The molecule has 4 nitrogen and oxygen atoms in total. The quantitative estimate of drug-likeness (QED) is 0.780. The molecule has 0 radical (unpaired) electrons. The van der Waals surface area contributed by atoms with Crippen LogP contribution in [0, 0.1) is 5.41 Å². The minimum atomic E-state index is -1.08. The van der Waals surface area contributed by atoms with Gasteiger partial charge in [-0.25, -0.2) is 0 Å². The van der Waals surface area contributed by atoms with E-state index >= 15 is 0 Å². The summed E-state index contributed by atoms with van der Waals surface area (Å²) in [5.74, 6) is -1.06. The largest absolute Gasteiger partial charge is 0.481 e. The van der Waals surface area contributed by atoms with Crippen LogP contribution in [0.2, 0.25) is 0 Å². The van der Waals surface area contributed by atoms with Gasteiger partial charge in [0, 0.05) is 23.6 Å². The Morgan fingerprint density at radius 3 is 2.12 bits per heavy atom. The Morgan fingerprint density at radius 2 is 1.58 bits per heavy atom. The van der Waals surface area contributed by atoms with Crippen molar-refractivity contribution in [3.63, 3.8) is 0 Å². The number of hydrogen-bond donors (Lipinski definition) is 1. The van der Waals surface area contributed by atoms with Gasteiger partial charge in [0.25, 0.3) is 0 Å². The topological polar surface area (TPSA) is 67.3 Å². The van der Waals surface area contributed by atoms with Crippen LogP contribution in [0.3, 0.4) is 0 Å². The second kappa shape index (κ2) is 8.75. The third-order valence-corrected chi connectivity index (χ3v) is 4.43. The molecule has 1 heterocycles. The van der Waals surface area contributed by atoms with Crippen molar-refractivity contribution in [3.8, 4) is 11.3 Å². The molecule has 2 rings (SSSR count). The molecule has 0 unspecified atom stereocenters. The van der Waals surface area contributed by atoms with Crippen LogP contribution in [0.15, 0.2) is 48.7 Å². The molecule has 1 aromatic carbocycles. The Hall–Kier alpha value is -2.49. The van der Waals surface area contributed by atoms with E-state index in [4.69, 9.17) is 0 Å². The second-order valence-electron chi connectivity index (χ2n) is 7.21. The van der Waals surface area contributed by atoms with E-state index in [-0.39, 0.29) is 12.2 Å². The van der Waals surface area contributed by atoms with Crippen molar-refractivity contribution < 1.29 is 14.7 Å². The van der Waals surface area contributed by atoms with Gasteiger partial charge in [0.1, 0.15) is 5.78 Å². The summed E-state index contributed by atoms with van der Waals surface area (Å²) < 4.78 is 0. The summed E-state index contributed by atoms with van der Waals surface area (Å²) in [6.07, 6.45) is 1.67. The molecule has 0 amide bonds. The first-order valence-electron chi connectivity index (χ1n) is 8.93. The number of nitrogens with zero attached hydrogens (tertiary/aromatic N) is 1. The normalized spacial score (nSPS) is 11.3. The van der Waals surface area contributed by atoms with Crippen molar-refractivity contribution >= 4 is 11.8 Å². The fourth-order valence-corrected chi connectivity index (χ4v) is 2.45. The van der Waals surface area contributed by atoms with E-state index in [0.29, 0.717) is 0 Å². The first kappa shape index (κ1) is 21.6. The number of carbonyl (C=O) groups is 2. The van der Waals surface area contributed by atoms with Crippen molar-refractivity contribution in [1.29, 1.82) is 0 Å². The smallest absolute Gasteiger partial charge is 0.309 e. The fraction of sp³-hybridized carbons (Fsp3) is 0.409. The van der Waals surface area contributed by atoms with Gasteiger partial charge in [-0.05, 0) is 45.4 Å². The average Bonchev–Trinajstić information content (AvgIpc) is 2.63. The molecule has 0 fully saturated rings. The van der Waals surface area contributed by atoms with Crippen LogP contribution in [-0.4, -0.2) is 21.8 Å². The molecule has 0 bridgehead atoms. The number of Topliss-reactive ketones (excluding diaryl/α,β-unsaturated/α-hetero) is 1. The highest BCUT2D eigenvalue weighted by Crippen LogP contribution is 2.32. The van der Waals surface area contributed by atoms with E-state index < -0.39 is 16.8 Å². The molecule has 0 saturated carbocycles. The van der Waals surface area contributed by atoms with Gasteiger partial charge >= 0.3 is 5.97 Å². The van der Waals surface area contributed by atoms with Crippen molar-refractivity contribution in [2.24, 2.45) is 5.41 Å². The minimum Gasteiger partial charge on any atom is -0.481 e. The zero-order valence-electron chi connectivity index (χ0n) is 16.5. The van der Waals surface area contributed by atoms with E-state index in [9.17, 15) is 14.7 Å². The number of pyridine rings is 1. The van der Waals surface area contributed by atoms with Gasteiger partial charge in [-0.1, -0.05) is 44.2 Å². The molecule has 1 N–H and O–H groups in total. The summed E-state index contributed by atoms with van der Waals surface area (Å²) >= 11 is 0. The molecule has 0 aliphatic heterocycles. The van der Waals surface area contributed by atoms with Crippen molar-refractivity contribution in [3.05, 3.63) is 54.2 Å². The molecule has 0 saturated heterocycles. The lowest BCUT2D eigenvalue weighted by Crippen LogP contribution is -2.36. The molecule has 0 aliphatic rings. The van der Waals surface area contributed by atoms with Crippen LogP contribution >= 0.6 is 0 Å². The Kier molecular flexibility index (Phi) is 7.25. The van der Waals surface area contributed by atoms with Crippen LogP contribution in [0.25, 0.3) is 11.3 Å². The van der Waals surface area contributed by atoms with Crippen LogP contribution in [0.5, 0.6) is 0 Å². The minimum absolute atomic E-state index is 0.0155. The number of aliphatic carboxylic acids is 1. The lowest BCUT2D eigenvalue weighted by molar-refractivity contribution is -0.149. The van der Waals surface area contributed by atoms with Gasteiger partial charge < -0.3 is 5.11 Å². The number of aromatic nitrogens is 1. The summed E-state index contributed by atoms with van der Waals surface area (Å²) in [5, 5.41) is 9.26. The fourth-order valence-electron chi connectivity index (χ4n) is 2.45. The number of carbonyl (C=O) groups excluding carboxylic acids is 1. The van der Waals surface area contributed by atoms with E-state index in [1.54, 1.807) is 20.0 Å². The number of carboxylic acids is 1. The maximum absolute atomic E-state index is 12.7. The molecular formula is C22H29NO3. The molecule has 4 heteroatoms. The molecule has 2 aromatic rings. The molecule has 0 spiro atoms. The Labute approximate surface area is 156 Å². The average molecular weight is 355 g/mol. The second-order valence-corrected chi connectivity index (χ2v) is 7.21. The molecule has 0 atom stereocenters. The van der Waals surface area contributed by atoms with E-state index in [1.165, 1.54) is 0 Å². The number of benzene rings is 1. The summed E-state index contributed by atoms with van der Waals surface area (Å²) in [7, 11) is 0. The lowest BCUT2D eigenvalue weighted by atomic mass is 9.74. The van der Waals surface area contributed by atoms with Crippen LogP contribution in [0.4, 0.5) is 0 Å². The van der Waals surface area contributed by atoms with Crippen LogP contribution in [0.1, 0.15) is 53.5 Å². The highest BCUT2D eigenvalue weighted by atomic mass is 16.4. The molecule has 0 aliphatic carbocycles. The van der Waals surface area contributed by atoms with Gasteiger partial charge in [0.05, 0.1) is 11.1 Å².